The Kier molecular flexibility index (Phi) is 11.1. The molecule has 1 aromatic rings. The molecule has 4 N–H and O–H groups in total. The van der Waals surface area contributed by atoms with Crippen LogP contribution in [0.1, 0.15) is 109 Å². The Bertz CT molecular complexity index is 1520. The van der Waals surface area contributed by atoms with Crippen molar-refractivity contribution in [3.05, 3.63) is 41.5 Å². The van der Waals surface area contributed by atoms with Crippen LogP contribution in [-0.4, -0.2) is 70.6 Å². The van der Waals surface area contributed by atoms with Crippen molar-refractivity contribution in [2.75, 3.05) is 6.54 Å². The summed E-state index contributed by atoms with van der Waals surface area (Å²) in [6.07, 6.45) is 9.96. The van der Waals surface area contributed by atoms with Gasteiger partial charge in [0.15, 0.2) is 0 Å². The monoisotopic (exact) mass is 674 g/mol. The third-order valence-corrected chi connectivity index (χ3v) is 10.0. The molecule has 0 bridgehead atoms. The molecule has 0 radical (unpaired) electrons. The molecule has 3 fully saturated rings. The Morgan fingerprint density at radius 1 is 1.06 bits per heavy atom. The number of nitrogens with one attached hydrogen (secondary N) is 4. The number of benzene rings is 1. The molecule has 1 aromatic carbocycles. The van der Waals surface area contributed by atoms with Gasteiger partial charge in [0, 0.05) is 24.4 Å². The molecule has 0 unspecified atom stereocenters. The summed E-state index contributed by atoms with van der Waals surface area (Å²) in [5, 5.41) is 18.2. The van der Waals surface area contributed by atoms with Crippen molar-refractivity contribution in [3.8, 4) is 6.07 Å². The van der Waals surface area contributed by atoms with Gasteiger partial charge < -0.3 is 20.9 Å². The van der Waals surface area contributed by atoms with Crippen molar-refractivity contribution in [1.29, 1.82) is 5.26 Å². The van der Waals surface area contributed by atoms with Gasteiger partial charge >= 0.3 is 0 Å². The number of hydrogen-bond acceptors (Lipinski definition) is 8. The third kappa shape index (κ3) is 8.68. The van der Waals surface area contributed by atoms with E-state index in [1.807, 2.05) is 27.7 Å². The lowest BCUT2D eigenvalue weighted by atomic mass is 9.84. The molecule has 4 amide bonds. The second kappa shape index (κ2) is 15.1. The molecule has 2 saturated carbocycles. The van der Waals surface area contributed by atoms with Crippen molar-refractivity contribution in [2.45, 2.75) is 128 Å². The van der Waals surface area contributed by atoms with E-state index >= 15 is 0 Å². The fourth-order valence-electron chi connectivity index (χ4n) is 7.13. The van der Waals surface area contributed by atoms with Gasteiger partial charge in [-0.2, -0.15) is 5.26 Å². The summed E-state index contributed by atoms with van der Waals surface area (Å²) in [4.78, 5) is 75.5. The van der Waals surface area contributed by atoms with Crippen molar-refractivity contribution in [1.82, 2.24) is 26.3 Å². The number of hydrogen-bond donors (Lipinski definition) is 4. The van der Waals surface area contributed by atoms with Crippen LogP contribution in [-0.2, 0) is 28.8 Å². The van der Waals surface area contributed by atoms with E-state index in [0.29, 0.717) is 29.7 Å². The summed E-state index contributed by atoms with van der Waals surface area (Å²) >= 11 is 0. The fraction of sp³-hybridized carbons (Fsp3) is 0.622. The average Bonchev–Trinajstić information content (AvgIpc) is 3.67. The highest BCUT2D eigenvalue weighted by Crippen LogP contribution is 2.39. The fourth-order valence-corrected chi connectivity index (χ4v) is 7.13. The minimum atomic E-state index is -1.14. The summed E-state index contributed by atoms with van der Waals surface area (Å²) < 4.78 is 0. The third-order valence-electron chi connectivity index (χ3n) is 10.0. The van der Waals surface area contributed by atoms with Crippen molar-refractivity contribution in [3.63, 3.8) is 0 Å². The number of Topliss-reactive ketones (excluding diaryl/α,β-unsaturated/α-hetero) is 1. The maximum Gasteiger partial charge on any atom is 0.289 e. The number of carbonyl (C=O) groups is 5. The topological polar surface area (TPSA) is 170 Å². The summed E-state index contributed by atoms with van der Waals surface area (Å²) in [5.74, 6) is -2.38. The first-order chi connectivity index (χ1) is 23.3. The molecule has 1 saturated heterocycles. The van der Waals surface area contributed by atoms with Gasteiger partial charge in [0.2, 0.25) is 23.5 Å². The van der Waals surface area contributed by atoms with Crippen LogP contribution >= 0.6 is 0 Å². The van der Waals surface area contributed by atoms with E-state index in [1.54, 1.807) is 30.3 Å². The zero-order chi connectivity index (χ0) is 35.3. The van der Waals surface area contributed by atoms with Gasteiger partial charge in [0.05, 0.1) is 29.9 Å². The molecule has 2 aliphatic heterocycles. The Balaban J connectivity index is 1.42. The SMILES string of the molecule is CCC[C@H](NC(=O)[C@@H]1C[C@]2(C=C(c3ccccc3C#N)NO2)CN1C(=O)[C@@H](NC(=O)CC1CCCCC1)C(C)(C)C)C(=O)C(=O)NC1CC1. The molecule has 0 aromatic heterocycles. The summed E-state index contributed by atoms with van der Waals surface area (Å²) in [7, 11) is 0. The molecule has 49 heavy (non-hydrogen) atoms. The lowest BCUT2D eigenvalue weighted by Gasteiger charge is -2.36. The van der Waals surface area contributed by atoms with E-state index in [9.17, 15) is 29.2 Å². The van der Waals surface area contributed by atoms with Gasteiger partial charge in [-0.15, -0.1) is 0 Å². The van der Waals surface area contributed by atoms with Gasteiger partial charge in [0.1, 0.15) is 17.7 Å². The van der Waals surface area contributed by atoms with Crippen LogP contribution in [0.4, 0.5) is 0 Å². The van der Waals surface area contributed by atoms with Crippen molar-refractivity contribution >= 4 is 35.1 Å². The highest BCUT2D eigenvalue weighted by atomic mass is 16.7. The van der Waals surface area contributed by atoms with Gasteiger partial charge in [-0.3, -0.25) is 34.3 Å². The number of amides is 4. The Hall–Kier alpha value is -4.24. The lowest BCUT2D eigenvalue weighted by Crippen LogP contribution is -2.59. The van der Waals surface area contributed by atoms with Crippen LogP contribution in [0.5, 0.6) is 0 Å². The van der Waals surface area contributed by atoms with Crippen molar-refractivity contribution < 1.29 is 28.8 Å². The van der Waals surface area contributed by atoms with Crippen LogP contribution in [0.15, 0.2) is 30.3 Å². The molecule has 12 nitrogen and oxygen atoms in total. The van der Waals surface area contributed by atoms with Crippen LogP contribution in [0.25, 0.3) is 5.70 Å². The first kappa shape index (κ1) is 36.1. The molecule has 12 heteroatoms. The maximum absolute atomic E-state index is 14.6. The normalized spacial score (nSPS) is 23.5. The van der Waals surface area contributed by atoms with E-state index in [4.69, 9.17) is 4.84 Å². The minimum absolute atomic E-state index is 0.0148. The van der Waals surface area contributed by atoms with Gasteiger partial charge in [0.25, 0.3) is 5.91 Å². The highest BCUT2D eigenvalue weighted by molar-refractivity contribution is 6.38. The second-order valence-corrected chi connectivity index (χ2v) is 15.2. The molecular weight excluding hydrogens is 624 g/mol. The van der Waals surface area contributed by atoms with E-state index in [0.717, 1.165) is 38.5 Å². The number of likely N-dealkylation sites (tertiary alicyclic amines) is 1. The van der Waals surface area contributed by atoms with E-state index in [1.165, 1.54) is 11.3 Å². The summed E-state index contributed by atoms with van der Waals surface area (Å²) in [5.41, 5.74) is 2.67. The van der Waals surface area contributed by atoms with Gasteiger partial charge in [-0.25, -0.2) is 0 Å². The predicted octanol–water partition coefficient (Wildman–Crippen LogP) is 3.41. The first-order valence-electron chi connectivity index (χ1n) is 17.8. The predicted molar refractivity (Wildman–Crippen MR) is 182 cm³/mol. The average molecular weight is 675 g/mol. The number of nitriles is 1. The molecule has 2 aliphatic carbocycles. The summed E-state index contributed by atoms with van der Waals surface area (Å²) in [6.45, 7) is 7.45. The molecule has 4 atom stereocenters. The molecule has 264 valence electrons. The number of nitrogens with zero attached hydrogens (tertiary/aromatic N) is 2. The summed E-state index contributed by atoms with van der Waals surface area (Å²) in [6, 6.07) is 6.14. The van der Waals surface area contributed by atoms with E-state index < -0.39 is 52.6 Å². The molecular formula is C37H50N6O6. The van der Waals surface area contributed by atoms with Crippen LogP contribution in [0.2, 0.25) is 0 Å². The number of carbonyl (C=O) groups excluding carboxylic acids is 5. The number of ketones is 1. The first-order valence-corrected chi connectivity index (χ1v) is 17.8. The molecule has 4 aliphatic rings. The number of rotatable bonds is 12. The quantitative estimate of drug-likeness (QED) is 0.245. The Morgan fingerprint density at radius 2 is 1.78 bits per heavy atom. The molecule has 5 rings (SSSR count). The smallest absolute Gasteiger partial charge is 0.289 e. The van der Waals surface area contributed by atoms with Crippen LogP contribution in [0, 0.1) is 22.7 Å². The van der Waals surface area contributed by atoms with Crippen molar-refractivity contribution in [2.24, 2.45) is 11.3 Å². The van der Waals surface area contributed by atoms with Crippen LogP contribution in [0.3, 0.4) is 0 Å². The zero-order valence-electron chi connectivity index (χ0n) is 29.1. The zero-order valence-corrected chi connectivity index (χ0v) is 29.1. The largest absolute Gasteiger partial charge is 0.347 e. The van der Waals surface area contributed by atoms with Gasteiger partial charge in [-0.1, -0.05) is 71.6 Å². The highest BCUT2D eigenvalue weighted by Gasteiger charge is 2.54. The second-order valence-electron chi connectivity index (χ2n) is 15.2. The van der Waals surface area contributed by atoms with E-state index in [-0.39, 0.29) is 37.3 Å². The Morgan fingerprint density at radius 3 is 2.43 bits per heavy atom. The van der Waals surface area contributed by atoms with Gasteiger partial charge in [-0.05, 0) is 55.6 Å². The standard InChI is InChI=1S/C37H50N6O6/c1-5-11-27(31(45)34(47)39-25-16-17-25)40-33(46)29-20-37(19-28(42-49-37)26-15-10-9-14-24(26)21-38)22-43(29)35(48)32(36(2,3)4)41-30(44)18-23-12-7-6-8-13-23/h9-10,14-15,19,23,25,27,29,32,42H,5-8,11-13,16-18,20,22H2,1-4H3,(H,39,47)(H,40,46)(H,41,44)/t27-,29-,32+,37+/m0/s1. The molecule has 1 spiro atoms. The van der Waals surface area contributed by atoms with Crippen LogP contribution < -0.4 is 21.4 Å². The Labute approximate surface area is 288 Å². The minimum Gasteiger partial charge on any atom is -0.347 e. The number of hydroxylamine groups is 1. The maximum atomic E-state index is 14.6. The lowest BCUT2D eigenvalue weighted by molar-refractivity contribution is -0.145. The van der Waals surface area contributed by atoms with E-state index in [2.05, 4.69) is 27.5 Å². The molecule has 2 heterocycles.